The van der Waals surface area contributed by atoms with Gasteiger partial charge in [0.1, 0.15) is 0 Å². The van der Waals surface area contributed by atoms with Gasteiger partial charge in [-0.15, -0.1) is 0 Å². The number of nitrogens with zero attached hydrogens (tertiary/aromatic N) is 4. The van der Waals surface area contributed by atoms with E-state index in [2.05, 4.69) is 28.0 Å². The second-order valence-corrected chi connectivity index (χ2v) is 8.56. The van der Waals surface area contributed by atoms with Crippen molar-refractivity contribution in [2.75, 3.05) is 44.8 Å². The van der Waals surface area contributed by atoms with E-state index < -0.39 is 0 Å². The number of hydrogen-bond donors (Lipinski definition) is 1. The molecule has 6 nitrogen and oxygen atoms in total. The van der Waals surface area contributed by atoms with Crippen molar-refractivity contribution in [3.63, 3.8) is 0 Å². The number of quaternary nitrogens is 1. The fourth-order valence-corrected chi connectivity index (χ4v) is 4.29. The molecule has 31 heavy (non-hydrogen) atoms. The predicted octanol–water partition coefficient (Wildman–Crippen LogP) is 2.31. The van der Waals surface area contributed by atoms with Crippen molar-refractivity contribution in [3.8, 4) is 0 Å². The topological polar surface area (TPSA) is 43.6 Å². The summed E-state index contributed by atoms with van der Waals surface area (Å²) in [4.78, 5) is 25.0. The quantitative estimate of drug-likeness (QED) is 0.806. The molecule has 2 aromatic carbocycles. The molecule has 158 valence electrons. The molecule has 0 aromatic heterocycles. The lowest BCUT2D eigenvalue weighted by atomic mass is 10.1. The Morgan fingerprint density at radius 1 is 1.00 bits per heavy atom. The van der Waals surface area contributed by atoms with Crippen LogP contribution in [0.4, 0.5) is 5.69 Å². The molecule has 5 rings (SSSR count). The highest BCUT2D eigenvalue weighted by atomic mass is 35.5. The highest BCUT2D eigenvalue weighted by Crippen LogP contribution is 2.20. The molecule has 2 aromatic rings. The molecule has 1 unspecified atom stereocenters. The van der Waals surface area contributed by atoms with Gasteiger partial charge >= 0.3 is 0 Å². The maximum Gasteiger partial charge on any atom is 0.253 e. The van der Waals surface area contributed by atoms with Gasteiger partial charge in [-0.1, -0.05) is 11.6 Å². The van der Waals surface area contributed by atoms with Gasteiger partial charge in [0.15, 0.2) is 12.4 Å². The van der Waals surface area contributed by atoms with E-state index in [1.165, 1.54) is 4.90 Å². The van der Waals surface area contributed by atoms with Gasteiger partial charge in [-0.05, 0) is 55.6 Å². The Morgan fingerprint density at radius 2 is 1.71 bits per heavy atom. The third kappa shape index (κ3) is 4.02. The SMILES string of the molecule is CN1CCN(C(=O)c2ccc(N3C=CC4=NC=C(c5ccc(Cl)cc5)[NH+]4C3)cc2)CC1. The monoisotopic (exact) mass is 434 g/mol. The van der Waals surface area contributed by atoms with Crippen molar-refractivity contribution < 1.29 is 9.69 Å². The number of carbonyl (C=O) groups excluding carboxylic acids is 1. The molecule has 1 atom stereocenters. The summed E-state index contributed by atoms with van der Waals surface area (Å²) in [6.45, 7) is 4.15. The van der Waals surface area contributed by atoms with Crippen molar-refractivity contribution in [1.82, 2.24) is 9.80 Å². The standard InChI is InChI=1S/C24H24ClN5O/c1-27-12-14-28(15-13-27)24(31)19-4-8-21(9-5-19)29-11-10-23-26-16-22(30(23)17-29)18-2-6-20(25)7-3-18/h2-11,16H,12-15,17H2,1H3/p+1. The van der Waals surface area contributed by atoms with E-state index in [-0.39, 0.29) is 5.91 Å². The Hall–Kier alpha value is -2.93. The zero-order valence-electron chi connectivity index (χ0n) is 17.5. The van der Waals surface area contributed by atoms with Crippen LogP contribution in [-0.4, -0.2) is 61.4 Å². The molecular weight excluding hydrogens is 410 g/mol. The van der Waals surface area contributed by atoms with Gasteiger partial charge in [0.05, 0.1) is 6.20 Å². The summed E-state index contributed by atoms with van der Waals surface area (Å²) in [6.07, 6.45) is 6.03. The average Bonchev–Trinajstić information content (AvgIpc) is 3.23. The van der Waals surface area contributed by atoms with E-state index in [9.17, 15) is 4.79 Å². The van der Waals surface area contributed by atoms with Crippen molar-refractivity contribution in [3.05, 3.63) is 83.2 Å². The Morgan fingerprint density at radius 3 is 2.42 bits per heavy atom. The first-order valence-electron chi connectivity index (χ1n) is 10.5. The number of aliphatic imine (C=N–C) groups is 1. The number of benzene rings is 2. The molecule has 1 fully saturated rings. The summed E-state index contributed by atoms with van der Waals surface area (Å²) in [7, 11) is 2.09. The van der Waals surface area contributed by atoms with Gasteiger partial charge < -0.3 is 9.80 Å². The summed E-state index contributed by atoms with van der Waals surface area (Å²) >= 11 is 6.05. The minimum atomic E-state index is 0.112. The van der Waals surface area contributed by atoms with Gasteiger partial charge in [0, 0.05) is 60.3 Å². The van der Waals surface area contributed by atoms with E-state index in [4.69, 9.17) is 11.6 Å². The molecule has 0 bridgehead atoms. The number of halogens is 1. The van der Waals surface area contributed by atoms with Gasteiger partial charge in [0.25, 0.3) is 5.91 Å². The lowest BCUT2D eigenvalue weighted by molar-refractivity contribution is -0.719. The van der Waals surface area contributed by atoms with Crippen LogP contribution in [0, 0.1) is 0 Å². The fraction of sp³-hybridized carbons (Fsp3) is 0.250. The maximum atomic E-state index is 12.8. The van der Waals surface area contributed by atoms with Gasteiger partial charge in [-0.2, -0.15) is 4.99 Å². The Bertz CT molecular complexity index is 1070. The number of fused-ring (bicyclic) bond motifs is 1. The number of piperazine rings is 1. The largest absolute Gasteiger partial charge is 0.336 e. The summed E-state index contributed by atoms with van der Waals surface area (Å²) < 4.78 is 0. The normalized spacial score (nSPS) is 21.0. The van der Waals surface area contributed by atoms with Crippen molar-refractivity contribution in [1.29, 1.82) is 0 Å². The van der Waals surface area contributed by atoms with Gasteiger partial charge in [-0.3, -0.25) is 9.69 Å². The fourth-order valence-electron chi connectivity index (χ4n) is 4.16. The molecule has 7 heteroatoms. The lowest BCUT2D eigenvalue weighted by Crippen LogP contribution is -3.13. The second-order valence-electron chi connectivity index (χ2n) is 8.13. The number of likely N-dealkylation sites (N-methyl/N-ethyl adjacent to an activating group) is 1. The summed E-state index contributed by atoms with van der Waals surface area (Å²) in [5, 5.41) is 0.727. The van der Waals surface area contributed by atoms with Crippen LogP contribution in [-0.2, 0) is 0 Å². The molecule has 0 radical (unpaired) electrons. The molecule has 1 N–H and O–H groups in total. The smallest absolute Gasteiger partial charge is 0.253 e. The minimum absolute atomic E-state index is 0.112. The maximum absolute atomic E-state index is 12.8. The summed E-state index contributed by atoms with van der Waals surface area (Å²) in [5.74, 6) is 1.12. The minimum Gasteiger partial charge on any atom is -0.336 e. The molecule has 3 aliphatic heterocycles. The molecule has 3 aliphatic rings. The van der Waals surface area contributed by atoms with Crippen molar-refractivity contribution >= 4 is 34.7 Å². The molecule has 0 aliphatic carbocycles. The molecule has 1 amide bonds. The lowest BCUT2D eigenvalue weighted by Gasteiger charge is -2.32. The van der Waals surface area contributed by atoms with Crippen LogP contribution in [0.25, 0.3) is 5.70 Å². The summed E-state index contributed by atoms with van der Waals surface area (Å²) in [6, 6.07) is 15.8. The highest BCUT2D eigenvalue weighted by Gasteiger charge is 2.32. The first-order valence-corrected chi connectivity index (χ1v) is 10.9. The van der Waals surface area contributed by atoms with Crippen LogP contribution in [0.15, 0.2) is 72.0 Å². The second kappa shape index (κ2) is 8.30. The van der Waals surface area contributed by atoms with Gasteiger partial charge in [-0.25, -0.2) is 4.90 Å². The molecular formula is C24H25ClN5O+. The van der Waals surface area contributed by atoms with Crippen molar-refractivity contribution in [2.24, 2.45) is 4.99 Å². The van der Waals surface area contributed by atoms with Crippen LogP contribution in [0.2, 0.25) is 5.02 Å². The van der Waals surface area contributed by atoms with E-state index in [1.54, 1.807) is 0 Å². The van der Waals surface area contributed by atoms with Crippen molar-refractivity contribution in [2.45, 2.75) is 0 Å². The third-order valence-corrected chi connectivity index (χ3v) is 6.35. The number of nitrogens with one attached hydrogen (secondary N) is 1. The molecule has 0 saturated carbocycles. The van der Waals surface area contributed by atoms with E-state index >= 15 is 0 Å². The number of carbonyl (C=O) groups is 1. The van der Waals surface area contributed by atoms with Crippen LogP contribution in [0.1, 0.15) is 15.9 Å². The van der Waals surface area contributed by atoms with Crippen LogP contribution < -0.4 is 9.80 Å². The van der Waals surface area contributed by atoms with Gasteiger partial charge in [0.2, 0.25) is 5.84 Å². The third-order valence-electron chi connectivity index (χ3n) is 6.10. The number of hydrogen-bond acceptors (Lipinski definition) is 4. The number of rotatable bonds is 3. The first-order chi connectivity index (χ1) is 15.1. The molecule has 1 saturated heterocycles. The van der Waals surface area contributed by atoms with E-state index in [1.807, 2.05) is 65.7 Å². The summed E-state index contributed by atoms with van der Waals surface area (Å²) in [5.41, 5.74) is 4.04. The van der Waals surface area contributed by atoms with E-state index in [0.717, 1.165) is 66.2 Å². The Balaban J connectivity index is 1.29. The predicted molar refractivity (Wildman–Crippen MR) is 124 cm³/mol. The van der Waals surface area contributed by atoms with Crippen LogP contribution >= 0.6 is 11.6 Å². The Kier molecular flexibility index (Phi) is 5.36. The molecule has 0 spiro atoms. The number of amidine groups is 1. The zero-order chi connectivity index (χ0) is 21.4. The Labute approximate surface area is 187 Å². The zero-order valence-corrected chi connectivity index (χ0v) is 18.2. The van der Waals surface area contributed by atoms with E-state index in [0.29, 0.717) is 0 Å². The van der Waals surface area contributed by atoms with Crippen LogP contribution in [0.3, 0.4) is 0 Å². The average molecular weight is 435 g/mol. The molecule has 3 heterocycles. The number of amides is 1. The number of anilines is 1. The van der Waals surface area contributed by atoms with Crippen LogP contribution in [0.5, 0.6) is 0 Å². The first kappa shape index (κ1) is 20.0. The highest BCUT2D eigenvalue weighted by molar-refractivity contribution is 6.30.